The second kappa shape index (κ2) is 8.07. The molecule has 0 aliphatic heterocycles. The van der Waals surface area contributed by atoms with Gasteiger partial charge in [-0.2, -0.15) is 0 Å². The van der Waals surface area contributed by atoms with E-state index < -0.39 is 21.5 Å². The molecule has 1 saturated carbocycles. The van der Waals surface area contributed by atoms with Crippen LogP contribution in [0.15, 0.2) is 47.4 Å². The van der Waals surface area contributed by atoms with Gasteiger partial charge in [-0.25, -0.2) is 17.2 Å². The molecule has 3 rings (SSSR count). The van der Waals surface area contributed by atoms with Gasteiger partial charge in [-0.05, 0) is 66.8 Å². The molecule has 3 atom stereocenters. The van der Waals surface area contributed by atoms with Crippen molar-refractivity contribution < 1.29 is 22.3 Å². The maximum absolute atomic E-state index is 13.9. The summed E-state index contributed by atoms with van der Waals surface area (Å²) in [6, 6.07) is 9.39. The molecule has 1 aliphatic carbocycles. The number of sulfone groups is 1. The Labute approximate surface area is 159 Å². The van der Waals surface area contributed by atoms with Crippen LogP contribution in [0.25, 0.3) is 11.1 Å². The zero-order valence-corrected chi connectivity index (χ0v) is 16.1. The molecule has 6 heteroatoms. The summed E-state index contributed by atoms with van der Waals surface area (Å²) in [6.07, 6.45) is 2.62. The van der Waals surface area contributed by atoms with Gasteiger partial charge in [0.05, 0.1) is 10.6 Å². The lowest BCUT2D eigenvalue weighted by atomic mass is 9.93. The summed E-state index contributed by atoms with van der Waals surface area (Å²) < 4.78 is 52.4. The number of hydrogen-bond acceptors (Lipinski definition) is 3. The molecular weight excluding hydrogens is 370 g/mol. The first kappa shape index (κ1) is 20.0. The number of aliphatic hydroxyl groups excluding tert-OH is 1. The number of benzene rings is 2. The number of halogens is 2. The maximum Gasteiger partial charge on any atom is 0.178 e. The molecule has 0 aromatic heterocycles. The Morgan fingerprint density at radius 2 is 1.81 bits per heavy atom. The molecule has 0 spiro atoms. The molecule has 0 bridgehead atoms. The van der Waals surface area contributed by atoms with Crippen molar-refractivity contribution in [2.45, 2.75) is 31.1 Å². The number of rotatable bonds is 6. The molecule has 146 valence electrons. The molecule has 2 aromatic carbocycles. The van der Waals surface area contributed by atoms with Gasteiger partial charge >= 0.3 is 0 Å². The standard InChI is InChI=1S/C21H24F2O3S/c1-14(12-24)17-3-2-15(10-17)13-27(25,26)19-7-4-16(5-8-19)20-9-6-18(22)11-21(20)23/h4-9,11,14-15,17,24H,2-3,10,12-13H2,1H3/t14-,15?,17?/m0/s1. The third kappa shape index (κ3) is 4.55. The lowest BCUT2D eigenvalue weighted by Crippen LogP contribution is -2.16. The monoisotopic (exact) mass is 394 g/mol. The predicted octanol–water partition coefficient (Wildman–Crippen LogP) is 4.45. The maximum atomic E-state index is 13.9. The van der Waals surface area contributed by atoms with Crippen molar-refractivity contribution in [3.05, 3.63) is 54.1 Å². The second-order valence-electron chi connectivity index (χ2n) is 7.53. The average molecular weight is 394 g/mol. The van der Waals surface area contributed by atoms with Crippen molar-refractivity contribution in [2.24, 2.45) is 17.8 Å². The van der Waals surface area contributed by atoms with E-state index in [1.165, 1.54) is 24.3 Å². The molecule has 2 unspecified atom stereocenters. The van der Waals surface area contributed by atoms with E-state index in [0.717, 1.165) is 25.3 Å². The van der Waals surface area contributed by atoms with Crippen molar-refractivity contribution in [2.75, 3.05) is 12.4 Å². The molecule has 1 fully saturated rings. The minimum atomic E-state index is -3.43. The van der Waals surface area contributed by atoms with Crippen LogP contribution in [0.1, 0.15) is 26.2 Å². The van der Waals surface area contributed by atoms with E-state index in [9.17, 15) is 22.3 Å². The van der Waals surface area contributed by atoms with Crippen molar-refractivity contribution in [3.63, 3.8) is 0 Å². The van der Waals surface area contributed by atoms with Crippen molar-refractivity contribution in [3.8, 4) is 11.1 Å². The zero-order chi connectivity index (χ0) is 19.6. The SMILES string of the molecule is C[C@@H](CO)C1CCC(CS(=O)(=O)c2ccc(-c3ccc(F)cc3F)cc2)C1. The lowest BCUT2D eigenvalue weighted by Gasteiger charge is -2.17. The number of hydrogen-bond donors (Lipinski definition) is 1. The highest BCUT2D eigenvalue weighted by Crippen LogP contribution is 2.37. The van der Waals surface area contributed by atoms with E-state index >= 15 is 0 Å². The zero-order valence-electron chi connectivity index (χ0n) is 15.2. The highest BCUT2D eigenvalue weighted by atomic mass is 32.2. The van der Waals surface area contributed by atoms with Crippen LogP contribution in [0.3, 0.4) is 0 Å². The summed E-state index contributed by atoms with van der Waals surface area (Å²) in [5.41, 5.74) is 0.737. The largest absolute Gasteiger partial charge is 0.396 e. The van der Waals surface area contributed by atoms with Crippen LogP contribution in [-0.4, -0.2) is 25.9 Å². The van der Waals surface area contributed by atoms with Gasteiger partial charge < -0.3 is 5.11 Å². The molecule has 27 heavy (non-hydrogen) atoms. The minimum absolute atomic E-state index is 0.0892. The summed E-state index contributed by atoms with van der Waals surface area (Å²) in [4.78, 5) is 0.215. The lowest BCUT2D eigenvalue weighted by molar-refractivity contribution is 0.188. The van der Waals surface area contributed by atoms with Crippen molar-refractivity contribution in [1.82, 2.24) is 0 Å². The normalized spacial score (nSPS) is 21.3. The molecule has 2 aromatic rings. The Balaban J connectivity index is 1.72. The molecule has 0 heterocycles. The highest BCUT2D eigenvalue weighted by molar-refractivity contribution is 7.91. The van der Waals surface area contributed by atoms with Crippen LogP contribution in [0.4, 0.5) is 8.78 Å². The average Bonchev–Trinajstić information content (AvgIpc) is 3.09. The fraction of sp³-hybridized carbons (Fsp3) is 0.429. The fourth-order valence-electron chi connectivity index (χ4n) is 3.90. The summed E-state index contributed by atoms with van der Waals surface area (Å²) in [5, 5.41) is 9.28. The molecule has 1 aliphatic rings. The van der Waals surface area contributed by atoms with E-state index in [1.54, 1.807) is 12.1 Å². The molecule has 0 radical (unpaired) electrons. The first-order valence-corrected chi connectivity index (χ1v) is 10.8. The molecule has 0 amide bonds. The van der Waals surface area contributed by atoms with E-state index in [2.05, 4.69) is 0 Å². The molecule has 3 nitrogen and oxygen atoms in total. The van der Waals surface area contributed by atoms with Crippen LogP contribution in [0.5, 0.6) is 0 Å². The van der Waals surface area contributed by atoms with E-state index in [-0.39, 0.29) is 34.7 Å². The van der Waals surface area contributed by atoms with E-state index in [1.807, 2.05) is 6.92 Å². The second-order valence-corrected chi connectivity index (χ2v) is 9.56. The Hall–Kier alpha value is -1.79. The minimum Gasteiger partial charge on any atom is -0.396 e. The van der Waals surface area contributed by atoms with Gasteiger partial charge in [0, 0.05) is 18.2 Å². The van der Waals surface area contributed by atoms with Crippen LogP contribution in [-0.2, 0) is 9.84 Å². The van der Waals surface area contributed by atoms with Crippen LogP contribution in [0.2, 0.25) is 0 Å². The Morgan fingerprint density at radius 3 is 2.44 bits per heavy atom. The van der Waals surface area contributed by atoms with Crippen LogP contribution < -0.4 is 0 Å². The molecule has 1 N–H and O–H groups in total. The summed E-state index contributed by atoms with van der Waals surface area (Å²) in [5.74, 6) is -0.572. The quantitative estimate of drug-likeness (QED) is 0.788. The molecule has 0 saturated heterocycles. The van der Waals surface area contributed by atoms with E-state index in [4.69, 9.17) is 0 Å². The summed E-state index contributed by atoms with van der Waals surface area (Å²) >= 11 is 0. The third-order valence-electron chi connectivity index (χ3n) is 5.59. The predicted molar refractivity (Wildman–Crippen MR) is 101 cm³/mol. The third-order valence-corrected chi connectivity index (χ3v) is 7.49. The first-order valence-electron chi connectivity index (χ1n) is 9.19. The Morgan fingerprint density at radius 1 is 1.11 bits per heavy atom. The van der Waals surface area contributed by atoms with Crippen molar-refractivity contribution >= 4 is 9.84 Å². The Kier molecular flexibility index (Phi) is 5.96. The Bertz CT molecular complexity index is 894. The van der Waals surface area contributed by atoms with Crippen LogP contribution in [0, 0.1) is 29.4 Å². The molecular formula is C21H24F2O3S. The van der Waals surface area contributed by atoms with Gasteiger partial charge in [-0.1, -0.05) is 19.1 Å². The van der Waals surface area contributed by atoms with Gasteiger partial charge in [0.1, 0.15) is 11.6 Å². The first-order chi connectivity index (χ1) is 12.8. The topological polar surface area (TPSA) is 54.4 Å². The van der Waals surface area contributed by atoms with Gasteiger partial charge in [0.2, 0.25) is 0 Å². The summed E-state index contributed by atoms with van der Waals surface area (Å²) in [7, 11) is -3.43. The van der Waals surface area contributed by atoms with Gasteiger partial charge in [-0.3, -0.25) is 0 Å². The fourth-order valence-corrected chi connectivity index (χ4v) is 5.57. The van der Waals surface area contributed by atoms with Gasteiger partial charge in [0.25, 0.3) is 0 Å². The van der Waals surface area contributed by atoms with Crippen molar-refractivity contribution in [1.29, 1.82) is 0 Å². The van der Waals surface area contributed by atoms with Gasteiger partial charge in [0.15, 0.2) is 9.84 Å². The highest BCUT2D eigenvalue weighted by Gasteiger charge is 2.31. The van der Waals surface area contributed by atoms with E-state index in [0.29, 0.717) is 11.5 Å². The van der Waals surface area contributed by atoms with Crippen LogP contribution >= 0.6 is 0 Å². The van der Waals surface area contributed by atoms with Gasteiger partial charge in [-0.15, -0.1) is 0 Å². The number of aliphatic hydroxyl groups is 1. The summed E-state index contributed by atoms with van der Waals surface area (Å²) in [6.45, 7) is 2.13. The smallest absolute Gasteiger partial charge is 0.178 e.